The number of rotatable bonds is 11. The van der Waals surface area contributed by atoms with Crippen molar-refractivity contribution in [2.24, 2.45) is 0 Å². The minimum atomic E-state index is -0.0784. The standard InChI is InChI=1S/C21H32N4O4/c1-29-15-5-9-22-20(27)17-24-11-13-25(14-12-24)21(28)8-10-23-19(26)16-18-6-3-2-4-7-18/h2-4,6-7H,5,8-17H2,1H3,(H,22,27)(H,23,26). The Morgan fingerprint density at radius 1 is 0.966 bits per heavy atom. The van der Waals surface area contributed by atoms with Gasteiger partial charge in [-0.15, -0.1) is 0 Å². The van der Waals surface area contributed by atoms with E-state index in [0.717, 1.165) is 12.0 Å². The molecule has 1 aliphatic heterocycles. The van der Waals surface area contributed by atoms with Crippen molar-refractivity contribution in [2.45, 2.75) is 19.3 Å². The Morgan fingerprint density at radius 3 is 2.34 bits per heavy atom. The van der Waals surface area contributed by atoms with E-state index in [9.17, 15) is 14.4 Å². The van der Waals surface area contributed by atoms with E-state index in [1.807, 2.05) is 30.3 Å². The van der Waals surface area contributed by atoms with Crippen molar-refractivity contribution in [3.05, 3.63) is 35.9 Å². The number of nitrogens with zero attached hydrogens (tertiary/aromatic N) is 2. The summed E-state index contributed by atoms with van der Waals surface area (Å²) in [5.74, 6) is -0.0407. The van der Waals surface area contributed by atoms with E-state index in [1.54, 1.807) is 12.0 Å². The van der Waals surface area contributed by atoms with E-state index in [1.165, 1.54) is 0 Å². The smallest absolute Gasteiger partial charge is 0.234 e. The summed E-state index contributed by atoms with van der Waals surface area (Å²) in [6, 6.07) is 9.52. The second-order valence-corrected chi connectivity index (χ2v) is 7.12. The van der Waals surface area contributed by atoms with Crippen molar-refractivity contribution in [1.29, 1.82) is 0 Å². The molecule has 1 aromatic carbocycles. The van der Waals surface area contributed by atoms with Gasteiger partial charge < -0.3 is 20.3 Å². The molecule has 1 aliphatic rings. The van der Waals surface area contributed by atoms with Gasteiger partial charge in [0.25, 0.3) is 0 Å². The number of hydrogen-bond donors (Lipinski definition) is 2. The van der Waals surface area contributed by atoms with Crippen LogP contribution in [0.4, 0.5) is 0 Å². The molecule has 8 nitrogen and oxygen atoms in total. The van der Waals surface area contributed by atoms with Crippen LogP contribution in [0, 0.1) is 0 Å². The number of hydrogen-bond acceptors (Lipinski definition) is 5. The predicted molar refractivity (Wildman–Crippen MR) is 110 cm³/mol. The number of carbonyl (C=O) groups excluding carboxylic acids is 3. The summed E-state index contributed by atoms with van der Waals surface area (Å²) in [5, 5.41) is 5.68. The van der Waals surface area contributed by atoms with Crippen molar-refractivity contribution in [3.63, 3.8) is 0 Å². The highest BCUT2D eigenvalue weighted by molar-refractivity contribution is 5.80. The van der Waals surface area contributed by atoms with Crippen LogP contribution in [0.1, 0.15) is 18.4 Å². The number of amides is 3. The first kappa shape index (κ1) is 22.8. The van der Waals surface area contributed by atoms with Gasteiger partial charge in [-0.3, -0.25) is 19.3 Å². The molecule has 3 amide bonds. The fraction of sp³-hybridized carbons (Fsp3) is 0.571. The molecule has 0 unspecified atom stereocenters. The third kappa shape index (κ3) is 9.06. The van der Waals surface area contributed by atoms with Crippen molar-refractivity contribution in [1.82, 2.24) is 20.4 Å². The molecule has 160 valence electrons. The van der Waals surface area contributed by atoms with Gasteiger partial charge in [0.05, 0.1) is 13.0 Å². The molecule has 29 heavy (non-hydrogen) atoms. The maximum Gasteiger partial charge on any atom is 0.234 e. The predicted octanol–water partition coefficient (Wildman–Crippen LogP) is 0.0323. The van der Waals surface area contributed by atoms with Gasteiger partial charge in [-0.05, 0) is 12.0 Å². The lowest BCUT2D eigenvalue weighted by atomic mass is 10.1. The number of benzene rings is 1. The third-order valence-electron chi connectivity index (χ3n) is 4.81. The van der Waals surface area contributed by atoms with Gasteiger partial charge in [0.1, 0.15) is 0 Å². The van der Waals surface area contributed by atoms with E-state index in [2.05, 4.69) is 15.5 Å². The zero-order valence-electron chi connectivity index (χ0n) is 17.2. The normalized spacial score (nSPS) is 14.4. The summed E-state index contributed by atoms with van der Waals surface area (Å²) < 4.78 is 4.95. The fourth-order valence-corrected chi connectivity index (χ4v) is 3.17. The molecule has 8 heteroatoms. The Morgan fingerprint density at radius 2 is 1.66 bits per heavy atom. The van der Waals surface area contributed by atoms with E-state index in [-0.39, 0.29) is 17.7 Å². The number of methoxy groups -OCH3 is 1. The van der Waals surface area contributed by atoms with E-state index >= 15 is 0 Å². The van der Waals surface area contributed by atoms with Gasteiger partial charge in [0.15, 0.2) is 0 Å². The lowest BCUT2D eigenvalue weighted by Gasteiger charge is -2.34. The van der Waals surface area contributed by atoms with Crippen LogP contribution in [0.25, 0.3) is 0 Å². The quantitative estimate of drug-likeness (QED) is 0.508. The van der Waals surface area contributed by atoms with Gasteiger partial charge in [0.2, 0.25) is 17.7 Å². The molecule has 0 radical (unpaired) electrons. The largest absolute Gasteiger partial charge is 0.385 e. The Hall–Kier alpha value is -2.45. The molecule has 1 aromatic rings. The first-order valence-corrected chi connectivity index (χ1v) is 10.1. The molecule has 1 fully saturated rings. The van der Waals surface area contributed by atoms with Gasteiger partial charge in [-0.25, -0.2) is 0 Å². The van der Waals surface area contributed by atoms with Crippen LogP contribution >= 0.6 is 0 Å². The summed E-state index contributed by atoms with van der Waals surface area (Å²) >= 11 is 0. The zero-order chi connectivity index (χ0) is 20.9. The van der Waals surface area contributed by atoms with E-state index in [0.29, 0.717) is 65.3 Å². The van der Waals surface area contributed by atoms with Crippen LogP contribution in [-0.4, -0.2) is 87.1 Å². The first-order chi connectivity index (χ1) is 14.1. The molecule has 2 N–H and O–H groups in total. The Balaban J connectivity index is 1.57. The molecule has 0 saturated carbocycles. The van der Waals surface area contributed by atoms with Crippen molar-refractivity contribution in [3.8, 4) is 0 Å². The highest BCUT2D eigenvalue weighted by atomic mass is 16.5. The SMILES string of the molecule is COCCCNC(=O)CN1CCN(C(=O)CCNC(=O)Cc2ccccc2)CC1. The van der Waals surface area contributed by atoms with Crippen LogP contribution in [0.15, 0.2) is 30.3 Å². The van der Waals surface area contributed by atoms with Crippen LogP contribution in [0.5, 0.6) is 0 Å². The van der Waals surface area contributed by atoms with Crippen LogP contribution in [-0.2, 0) is 25.5 Å². The molecule has 0 spiro atoms. The maximum atomic E-state index is 12.3. The Labute approximate surface area is 172 Å². The van der Waals surface area contributed by atoms with Gasteiger partial charge in [-0.2, -0.15) is 0 Å². The summed E-state index contributed by atoms with van der Waals surface area (Å²) in [4.78, 5) is 40.0. The molecular formula is C21H32N4O4. The molecule has 1 saturated heterocycles. The Bertz CT molecular complexity index is 645. The van der Waals surface area contributed by atoms with E-state index < -0.39 is 0 Å². The van der Waals surface area contributed by atoms with Crippen molar-refractivity contribution >= 4 is 17.7 Å². The van der Waals surface area contributed by atoms with Gasteiger partial charge in [-0.1, -0.05) is 30.3 Å². The fourth-order valence-electron chi connectivity index (χ4n) is 3.17. The lowest BCUT2D eigenvalue weighted by molar-refractivity contribution is -0.133. The summed E-state index contributed by atoms with van der Waals surface area (Å²) in [7, 11) is 1.64. The minimum Gasteiger partial charge on any atom is -0.385 e. The highest BCUT2D eigenvalue weighted by Gasteiger charge is 2.22. The number of nitrogens with one attached hydrogen (secondary N) is 2. The van der Waals surface area contributed by atoms with Gasteiger partial charge in [0, 0.05) is 59.4 Å². The topological polar surface area (TPSA) is 91.0 Å². The average molecular weight is 405 g/mol. The van der Waals surface area contributed by atoms with Crippen LogP contribution in [0.3, 0.4) is 0 Å². The molecule has 0 aliphatic carbocycles. The first-order valence-electron chi connectivity index (χ1n) is 10.1. The summed E-state index contributed by atoms with van der Waals surface area (Å²) in [6.07, 6.45) is 1.41. The molecule has 0 atom stereocenters. The van der Waals surface area contributed by atoms with Crippen LogP contribution in [0.2, 0.25) is 0 Å². The maximum absolute atomic E-state index is 12.3. The average Bonchev–Trinajstić information content (AvgIpc) is 2.72. The van der Waals surface area contributed by atoms with Gasteiger partial charge >= 0.3 is 0 Å². The summed E-state index contributed by atoms with van der Waals surface area (Å²) in [6.45, 7) is 4.50. The monoisotopic (exact) mass is 404 g/mol. The second-order valence-electron chi connectivity index (χ2n) is 7.12. The molecular weight excluding hydrogens is 372 g/mol. The minimum absolute atomic E-state index is 0.00186. The third-order valence-corrected chi connectivity index (χ3v) is 4.81. The zero-order valence-corrected chi connectivity index (χ0v) is 17.2. The highest BCUT2D eigenvalue weighted by Crippen LogP contribution is 2.04. The molecule has 2 rings (SSSR count). The lowest BCUT2D eigenvalue weighted by Crippen LogP contribution is -2.51. The van der Waals surface area contributed by atoms with E-state index in [4.69, 9.17) is 4.74 Å². The summed E-state index contributed by atoms with van der Waals surface area (Å²) in [5.41, 5.74) is 0.954. The number of piperazine rings is 1. The molecule has 1 heterocycles. The van der Waals surface area contributed by atoms with Crippen molar-refractivity contribution in [2.75, 3.05) is 59.5 Å². The Kier molecular flexibility index (Phi) is 10.2. The van der Waals surface area contributed by atoms with Crippen LogP contribution < -0.4 is 10.6 Å². The number of carbonyl (C=O) groups is 3. The molecule has 0 bridgehead atoms. The molecule has 0 aromatic heterocycles. The van der Waals surface area contributed by atoms with Crippen molar-refractivity contribution < 1.29 is 19.1 Å². The number of ether oxygens (including phenoxy) is 1. The second kappa shape index (κ2) is 12.9.